The molecule has 0 bridgehead atoms. The van der Waals surface area contributed by atoms with Crippen molar-refractivity contribution in [3.63, 3.8) is 0 Å². The van der Waals surface area contributed by atoms with Crippen LogP contribution in [0.25, 0.3) is 0 Å². The van der Waals surface area contributed by atoms with Crippen molar-refractivity contribution < 1.29 is 13.6 Å². The molecule has 0 amide bonds. The average Bonchev–Trinajstić information content (AvgIpc) is 2.38. The molecule has 0 aliphatic heterocycles. The van der Waals surface area contributed by atoms with Crippen LogP contribution in [0.4, 0.5) is 0 Å². The van der Waals surface area contributed by atoms with E-state index in [0.717, 1.165) is 12.0 Å². The van der Waals surface area contributed by atoms with E-state index >= 15 is 0 Å². The Morgan fingerprint density at radius 3 is 2.41 bits per heavy atom. The maximum absolute atomic E-state index is 12.0. The van der Waals surface area contributed by atoms with E-state index in [4.69, 9.17) is 9.05 Å². The Morgan fingerprint density at radius 1 is 1.12 bits per heavy atom. The molecule has 94 valence electrons. The molecule has 0 saturated carbocycles. The van der Waals surface area contributed by atoms with Crippen molar-refractivity contribution >= 4 is 7.60 Å². The maximum Gasteiger partial charge on any atom is 0.334 e. The fourth-order valence-electron chi connectivity index (χ4n) is 2.31. The van der Waals surface area contributed by atoms with Gasteiger partial charge in [-0.3, -0.25) is 4.57 Å². The third-order valence-electron chi connectivity index (χ3n) is 3.35. The molecule has 0 N–H and O–H groups in total. The first-order valence-electron chi connectivity index (χ1n) is 5.98. The summed E-state index contributed by atoms with van der Waals surface area (Å²) < 4.78 is 22.0. The molecule has 0 saturated heterocycles. The number of hydrogen-bond donors (Lipinski definition) is 0. The number of fused-ring (bicyclic) bond motifs is 1. The fourth-order valence-corrected chi connectivity index (χ4v) is 3.36. The van der Waals surface area contributed by atoms with E-state index < -0.39 is 7.60 Å². The van der Waals surface area contributed by atoms with Crippen molar-refractivity contribution in [1.82, 2.24) is 0 Å². The van der Waals surface area contributed by atoms with Crippen LogP contribution in [-0.4, -0.2) is 14.2 Å². The summed E-state index contributed by atoms with van der Waals surface area (Å²) >= 11 is 0. The van der Waals surface area contributed by atoms with Crippen LogP contribution in [0, 0.1) is 0 Å². The summed E-state index contributed by atoms with van der Waals surface area (Å²) in [5.41, 5.74) is 3.87. The summed E-state index contributed by atoms with van der Waals surface area (Å²) in [6, 6.07) is 6.34. The van der Waals surface area contributed by atoms with Gasteiger partial charge in [0, 0.05) is 14.2 Å². The lowest BCUT2D eigenvalue weighted by atomic mass is 9.91. The summed E-state index contributed by atoms with van der Waals surface area (Å²) in [4.78, 5) is 0. The normalized spacial score (nSPS) is 15.6. The van der Waals surface area contributed by atoms with Crippen LogP contribution in [0.2, 0.25) is 0 Å². The molecule has 0 heterocycles. The van der Waals surface area contributed by atoms with Gasteiger partial charge >= 0.3 is 7.60 Å². The van der Waals surface area contributed by atoms with Crippen LogP contribution in [0.3, 0.4) is 0 Å². The molecule has 0 unspecified atom stereocenters. The Bertz CT molecular complexity index is 434. The summed E-state index contributed by atoms with van der Waals surface area (Å²) in [7, 11) is -0.0725. The highest BCUT2D eigenvalue weighted by atomic mass is 31.2. The van der Waals surface area contributed by atoms with Crippen LogP contribution in [0.5, 0.6) is 0 Å². The molecule has 0 aromatic heterocycles. The van der Waals surface area contributed by atoms with Crippen molar-refractivity contribution in [2.45, 2.75) is 31.8 Å². The standard InChI is InChI=1S/C13H19O3P/c1-15-17(14,16-2)10-11-7-8-12-5-3-4-6-13(12)9-11/h7-9H,3-6,10H2,1-2H3. The quantitative estimate of drug-likeness (QED) is 0.771. The van der Waals surface area contributed by atoms with Gasteiger partial charge in [0.2, 0.25) is 0 Å². The highest BCUT2D eigenvalue weighted by molar-refractivity contribution is 7.52. The van der Waals surface area contributed by atoms with Crippen LogP contribution in [-0.2, 0) is 32.6 Å². The van der Waals surface area contributed by atoms with Gasteiger partial charge in [-0.1, -0.05) is 18.2 Å². The Balaban J connectivity index is 2.20. The minimum absolute atomic E-state index is 0.354. The van der Waals surface area contributed by atoms with Crippen LogP contribution >= 0.6 is 7.60 Å². The van der Waals surface area contributed by atoms with Crippen LogP contribution in [0.15, 0.2) is 18.2 Å². The third-order valence-corrected chi connectivity index (χ3v) is 5.21. The lowest BCUT2D eigenvalue weighted by Gasteiger charge is -2.18. The molecule has 0 radical (unpaired) electrons. The summed E-state index contributed by atoms with van der Waals surface area (Å²) in [6.07, 6.45) is 5.19. The molecule has 0 atom stereocenters. The lowest BCUT2D eigenvalue weighted by molar-refractivity contribution is 0.275. The molecular formula is C13H19O3P. The van der Waals surface area contributed by atoms with Crippen molar-refractivity contribution in [3.8, 4) is 0 Å². The Morgan fingerprint density at radius 2 is 1.76 bits per heavy atom. The second-order valence-electron chi connectivity index (χ2n) is 4.44. The average molecular weight is 254 g/mol. The number of benzene rings is 1. The first-order valence-corrected chi connectivity index (χ1v) is 7.71. The Labute approximate surface area is 103 Å². The molecule has 17 heavy (non-hydrogen) atoms. The lowest BCUT2D eigenvalue weighted by Crippen LogP contribution is -2.03. The molecule has 1 aromatic carbocycles. The van der Waals surface area contributed by atoms with E-state index in [-0.39, 0.29) is 0 Å². The van der Waals surface area contributed by atoms with Gasteiger partial charge in [-0.05, 0) is 42.4 Å². The van der Waals surface area contributed by atoms with Gasteiger partial charge in [-0.2, -0.15) is 0 Å². The highest BCUT2D eigenvalue weighted by Crippen LogP contribution is 2.49. The number of rotatable bonds is 4. The largest absolute Gasteiger partial charge is 0.334 e. The van der Waals surface area contributed by atoms with Crippen molar-refractivity contribution in [3.05, 3.63) is 34.9 Å². The van der Waals surface area contributed by atoms with E-state index in [2.05, 4.69) is 12.1 Å². The maximum atomic E-state index is 12.0. The third kappa shape index (κ3) is 2.98. The van der Waals surface area contributed by atoms with E-state index in [9.17, 15) is 4.57 Å². The van der Waals surface area contributed by atoms with Gasteiger partial charge in [0.1, 0.15) is 0 Å². The van der Waals surface area contributed by atoms with Crippen molar-refractivity contribution in [2.75, 3.05) is 14.2 Å². The molecule has 2 rings (SSSR count). The monoisotopic (exact) mass is 254 g/mol. The molecule has 3 nitrogen and oxygen atoms in total. The van der Waals surface area contributed by atoms with E-state index in [1.54, 1.807) is 0 Å². The molecule has 0 spiro atoms. The van der Waals surface area contributed by atoms with Gasteiger partial charge in [-0.25, -0.2) is 0 Å². The van der Waals surface area contributed by atoms with Crippen molar-refractivity contribution in [2.24, 2.45) is 0 Å². The molecule has 1 aromatic rings. The highest BCUT2D eigenvalue weighted by Gasteiger charge is 2.22. The zero-order valence-electron chi connectivity index (χ0n) is 10.4. The predicted molar refractivity (Wildman–Crippen MR) is 68.4 cm³/mol. The molecular weight excluding hydrogens is 235 g/mol. The number of aryl methyl sites for hydroxylation is 2. The fraction of sp³-hybridized carbons (Fsp3) is 0.538. The van der Waals surface area contributed by atoms with E-state index in [1.807, 2.05) is 6.07 Å². The van der Waals surface area contributed by atoms with Crippen molar-refractivity contribution in [1.29, 1.82) is 0 Å². The van der Waals surface area contributed by atoms with Gasteiger partial charge in [0.25, 0.3) is 0 Å². The molecule has 1 aliphatic rings. The minimum Gasteiger partial charge on any atom is -0.312 e. The van der Waals surface area contributed by atoms with Gasteiger partial charge in [-0.15, -0.1) is 0 Å². The number of hydrogen-bond acceptors (Lipinski definition) is 3. The van der Waals surface area contributed by atoms with Crippen LogP contribution < -0.4 is 0 Å². The van der Waals surface area contributed by atoms with Gasteiger partial charge in [0.15, 0.2) is 0 Å². The van der Waals surface area contributed by atoms with Crippen LogP contribution in [0.1, 0.15) is 29.5 Å². The zero-order chi connectivity index (χ0) is 12.3. The zero-order valence-corrected chi connectivity index (χ0v) is 11.3. The topological polar surface area (TPSA) is 35.5 Å². The first-order chi connectivity index (χ1) is 8.17. The Kier molecular flexibility index (Phi) is 4.03. The molecule has 0 fully saturated rings. The summed E-state index contributed by atoms with van der Waals surface area (Å²) in [5.74, 6) is 0. The van der Waals surface area contributed by atoms with Gasteiger partial charge < -0.3 is 9.05 Å². The minimum atomic E-state index is -2.94. The summed E-state index contributed by atoms with van der Waals surface area (Å²) in [5, 5.41) is 0. The molecule has 1 aliphatic carbocycles. The predicted octanol–water partition coefficient (Wildman–Crippen LogP) is 3.55. The second kappa shape index (κ2) is 5.34. The second-order valence-corrected chi connectivity index (χ2v) is 6.71. The van der Waals surface area contributed by atoms with E-state index in [1.165, 1.54) is 44.6 Å². The smallest absolute Gasteiger partial charge is 0.312 e. The summed E-state index contributed by atoms with van der Waals surface area (Å²) in [6.45, 7) is 0. The molecule has 4 heteroatoms. The van der Waals surface area contributed by atoms with Gasteiger partial charge in [0.05, 0.1) is 6.16 Å². The SMILES string of the molecule is COP(=O)(Cc1ccc2c(c1)CCCC2)OC. The first kappa shape index (κ1) is 12.8. The van der Waals surface area contributed by atoms with E-state index in [0.29, 0.717) is 6.16 Å². The Hall–Kier alpha value is -0.630.